The summed E-state index contributed by atoms with van der Waals surface area (Å²) in [5, 5.41) is 0. The van der Waals surface area contributed by atoms with E-state index in [1.165, 1.54) is 6.33 Å². The number of rotatable bonds is 5. The first kappa shape index (κ1) is 14.6. The molecule has 0 amide bonds. The minimum absolute atomic E-state index is 0.183. The van der Waals surface area contributed by atoms with Gasteiger partial charge in [-0.2, -0.15) is 0 Å². The fourth-order valence-corrected chi connectivity index (χ4v) is 1.01. The van der Waals surface area contributed by atoms with Crippen molar-refractivity contribution in [3.05, 3.63) is 12.4 Å². The van der Waals surface area contributed by atoms with Crippen LogP contribution in [-0.4, -0.2) is 27.6 Å². The molecule has 0 aromatic carbocycles. The Morgan fingerprint density at radius 1 is 1.39 bits per heavy atom. The predicted molar refractivity (Wildman–Crippen MR) is 71.0 cm³/mol. The van der Waals surface area contributed by atoms with Gasteiger partial charge in [0.05, 0.1) is 10.9 Å². The van der Waals surface area contributed by atoms with Gasteiger partial charge >= 0.3 is 0 Å². The van der Waals surface area contributed by atoms with Crippen LogP contribution in [0.15, 0.2) is 12.4 Å². The number of alkyl halides is 1. The number of ether oxygens (including phenoxy) is 2. The first-order valence-electron chi connectivity index (χ1n) is 5.63. The van der Waals surface area contributed by atoms with Crippen LogP contribution in [0.2, 0.25) is 0 Å². The maximum atomic E-state index is 6.16. The van der Waals surface area contributed by atoms with Crippen molar-refractivity contribution in [3.63, 3.8) is 0 Å². The van der Waals surface area contributed by atoms with Crippen molar-refractivity contribution < 1.29 is 9.47 Å². The third-order valence-electron chi connectivity index (χ3n) is 2.35. The Labute approximate surface area is 113 Å². The minimum atomic E-state index is -0.473. The van der Waals surface area contributed by atoms with Crippen molar-refractivity contribution in [2.45, 2.75) is 38.7 Å². The Morgan fingerprint density at radius 3 is 2.67 bits per heavy atom. The van der Waals surface area contributed by atoms with Gasteiger partial charge in [-0.25, -0.2) is 9.97 Å². The van der Waals surface area contributed by atoms with Crippen LogP contribution in [0.5, 0.6) is 11.8 Å². The fourth-order valence-electron chi connectivity index (χ4n) is 0.970. The van der Waals surface area contributed by atoms with Gasteiger partial charge in [0.2, 0.25) is 11.8 Å². The molecule has 0 fully saturated rings. The molecular formula is C13H17ClN2O2. The largest absolute Gasteiger partial charge is 0.473 e. The van der Waals surface area contributed by atoms with Gasteiger partial charge in [0.1, 0.15) is 12.4 Å². The van der Waals surface area contributed by atoms with E-state index >= 15 is 0 Å². The zero-order valence-corrected chi connectivity index (χ0v) is 11.8. The second-order valence-corrected chi connectivity index (χ2v) is 5.21. The average molecular weight is 269 g/mol. The molecule has 0 spiro atoms. The Kier molecular flexibility index (Phi) is 5.24. The summed E-state index contributed by atoms with van der Waals surface area (Å²) in [7, 11) is 0. The van der Waals surface area contributed by atoms with E-state index in [0.717, 1.165) is 0 Å². The Balaban J connectivity index is 2.66. The van der Waals surface area contributed by atoms with Gasteiger partial charge in [-0.1, -0.05) is 5.92 Å². The normalized spacial score (nSPS) is 12.3. The Bertz CT molecular complexity index is 446. The van der Waals surface area contributed by atoms with E-state index in [9.17, 15) is 0 Å². The highest BCUT2D eigenvalue weighted by atomic mass is 35.5. The maximum Gasteiger partial charge on any atom is 0.221 e. The zero-order chi connectivity index (χ0) is 13.6. The van der Waals surface area contributed by atoms with Crippen molar-refractivity contribution in [1.29, 1.82) is 0 Å². The third-order valence-corrected chi connectivity index (χ3v) is 2.66. The lowest BCUT2D eigenvalue weighted by Gasteiger charge is -2.24. The van der Waals surface area contributed by atoms with Crippen molar-refractivity contribution >= 4 is 11.6 Å². The van der Waals surface area contributed by atoms with E-state index in [1.807, 2.05) is 20.8 Å². The Hall–Kier alpha value is -1.47. The molecule has 98 valence electrons. The van der Waals surface area contributed by atoms with Crippen LogP contribution in [0, 0.1) is 11.8 Å². The molecule has 0 saturated carbocycles. The first-order valence-corrected chi connectivity index (χ1v) is 6.01. The smallest absolute Gasteiger partial charge is 0.221 e. The predicted octanol–water partition coefficient (Wildman–Crippen LogP) is 2.66. The second-order valence-electron chi connectivity index (χ2n) is 4.23. The first-order chi connectivity index (χ1) is 8.43. The molecule has 0 aliphatic carbocycles. The summed E-state index contributed by atoms with van der Waals surface area (Å²) < 4.78 is 10.9. The van der Waals surface area contributed by atoms with Gasteiger partial charge in [0.25, 0.3) is 0 Å². The SMILES string of the molecule is CC#CCOc1cc(OC(C)C(C)(C)Cl)ncn1. The maximum absolute atomic E-state index is 6.16. The molecule has 0 radical (unpaired) electrons. The molecular weight excluding hydrogens is 252 g/mol. The molecule has 1 heterocycles. The molecule has 1 atom stereocenters. The summed E-state index contributed by atoms with van der Waals surface area (Å²) in [6.07, 6.45) is 1.20. The molecule has 1 aromatic rings. The van der Waals surface area contributed by atoms with Gasteiger partial charge in [-0.05, 0) is 27.7 Å². The highest BCUT2D eigenvalue weighted by Crippen LogP contribution is 2.23. The van der Waals surface area contributed by atoms with Gasteiger partial charge in [0, 0.05) is 0 Å². The lowest BCUT2D eigenvalue weighted by Crippen LogP contribution is -2.32. The minimum Gasteiger partial charge on any atom is -0.473 e. The van der Waals surface area contributed by atoms with Crippen LogP contribution in [0.4, 0.5) is 0 Å². The number of hydrogen-bond acceptors (Lipinski definition) is 4. The molecule has 0 saturated heterocycles. The highest BCUT2D eigenvalue weighted by Gasteiger charge is 2.25. The van der Waals surface area contributed by atoms with Gasteiger partial charge in [-0.3, -0.25) is 0 Å². The lowest BCUT2D eigenvalue weighted by atomic mass is 10.1. The van der Waals surface area contributed by atoms with Gasteiger partial charge in [-0.15, -0.1) is 17.5 Å². The van der Waals surface area contributed by atoms with Crippen LogP contribution >= 0.6 is 11.6 Å². The molecule has 18 heavy (non-hydrogen) atoms. The summed E-state index contributed by atoms with van der Waals surface area (Å²) in [4.78, 5) is 7.51. The molecule has 1 rings (SSSR count). The molecule has 4 nitrogen and oxygen atoms in total. The van der Waals surface area contributed by atoms with E-state index in [2.05, 4.69) is 21.8 Å². The van der Waals surface area contributed by atoms with E-state index in [4.69, 9.17) is 21.1 Å². The van der Waals surface area contributed by atoms with E-state index in [1.54, 1.807) is 13.0 Å². The number of hydrogen-bond donors (Lipinski definition) is 0. The van der Waals surface area contributed by atoms with E-state index in [0.29, 0.717) is 18.4 Å². The quantitative estimate of drug-likeness (QED) is 0.608. The van der Waals surface area contributed by atoms with Crippen molar-refractivity contribution in [1.82, 2.24) is 9.97 Å². The van der Waals surface area contributed by atoms with Crippen molar-refractivity contribution in [3.8, 4) is 23.6 Å². The second kappa shape index (κ2) is 6.46. The number of nitrogens with zero attached hydrogens (tertiary/aromatic N) is 2. The molecule has 1 aromatic heterocycles. The van der Waals surface area contributed by atoms with Crippen LogP contribution in [0.25, 0.3) is 0 Å². The number of halogens is 1. The summed E-state index contributed by atoms with van der Waals surface area (Å²) in [6.45, 7) is 7.70. The average Bonchev–Trinajstić information content (AvgIpc) is 2.28. The Morgan fingerprint density at radius 2 is 2.06 bits per heavy atom. The van der Waals surface area contributed by atoms with Crippen molar-refractivity contribution in [2.24, 2.45) is 0 Å². The fraction of sp³-hybridized carbons (Fsp3) is 0.538. The van der Waals surface area contributed by atoms with Crippen LogP contribution < -0.4 is 9.47 Å². The summed E-state index contributed by atoms with van der Waals surface area (Å²) in [5.74, 6) is 6.39. The van der Waals surface area contributed by atoms with Crippen molar-refractivity contribution in [2.75, 3.05) is 6.61 Å². The summed E-state index contributed by atoms with van der Waals surface area (Å²) in [5.41, 5.74) is 0. The summed E-state index contributed by atoms with van der Waals surface area (Å²) >= 11 is 6.16. The molecule has 0 aliphatic heterocycles. The highest BCUT2D eigenvalue weighted by molar-refractivity contribution is 6.23. The topological polar surface area (TPSA) is 44.2 Å². The van der Waals surface area contributed by atoms with E-state index in [-0.39, 0.29) is 6.10 Å². The van der Waals surface area contributed by atoms with Crippen LogP contribution in [-0.2, 0) is 0 Å². The molecule has 0 bridgehead atoms. The molecule has 5 heteroatoms. The van der Waals surface area contributed by atoms with Gasteiger partial charge in [0.15, 0.2) is 6.61 Å². The number of aromatic nitrogens is 2. The van der Waals surface area contributed by atoms with E-state index < -0.39 is 4.87 Å². The van der Waals surface area contributed by atoms with Gasteiger partial charge < -0.3 is 9.47 Å². The summed E-state index contributed by atoms with van der Waals surface area (Å²) in [6, 6.07) is 1.62. The van der Waals surface area contributed by atoms with Crippen LogP contribution in [0.1, 0.15) is 27.7 Å². The molecule has 0 aliphatic rings. The molecule has 0 N–H and O–H groups in total. The van der Waals surface area contributed by atoms with Crippen LogP contribution in [0.3, 0.4) is 0 Å². The monoisotopic (exact) mass is 268 g/mol. The standard InChI is InChI=1S/C13H17ClN2O2/c1-5-6-7-17-11-8-12(16-9-15-11)18-10(2)13(3,4)14/h8-10H,7H2,1-4H3. The third kappa shape index (κ3) is 4.80. The zero-order valence-electron chi connectivity index (χ0n) is 11.0. The lowest BCUT2D eigenvalue weighted by molar-refractivity contribution is 0.175. The molecule has 1 unspecified atom stereocenters.